The Labute approximate surface area is 180 Å². The third-order valence-corrected chi connectivity index (χ3v) is 4.19. The van der Waals surface area contributed by atoms with E-state index in [-0.39, 0.29) is 12.4 Å². The van der Waals surface area contributed by atoms with Crippen LogP contribution in [0.25, 0.3) is 0 Å². The third-order valence-electron chi connectivity index (χ3n) is 4.19. The summed E-state index contributed by atoms with van der Waals surface area (Å²) in [4.78, 5) is 24.1. The van der Waals surface area contributed by atoms with Crippen molar-refractivity contribution in [2.24, 2.45) is 5.10 Å². The number of hydrazone groups is 1. The van der Waals surface area contributed by atoms with Crippen molar-refractivity contribution < 1.29 is 23.8 Å². The number of rotatable bonds is 8. The Balaban J connectivity index is 1.55. The normalized spacial score (nSPS) is 10.5. The first-order valence-corrected chi connectivity index (χ1v) is 9.52. The molecule has 158 valence electrons. The Morgan fingerprint density at radius 1 is 0.968 bits per heavy atom. The van der Waals surface area contributed by atoms with Gasteiger partial charge in [-0.25, -0.2) is 10.2 Å². The van der Waals surface area contributed by atoms with Gasteiger partial charge in [0, 0.05) is 0 Å². The summed E-state index contributed by atoms with van der Waals surface area (Å²) in [5, 5.41) is 3.91. The molecule has 0 aromatic heterocycles. The molecule has 7 heteroatoms. The molecule has 0 heterocycles. The number of carbonyl (C=O) groups is 2. The second-order valence-corrected chi connectivity index (χ2v) is 6.56. The SMILES string of the molecule is COc1cc(C=NNC(=O)COc2ccc(C)cc2)ccc1OC(=O)c1ccccc1. The Morgan fingerprint density at radius 3 is 2.42 bits per heavy atom. The van der Waals surface area contributed by atoms with Gasteiger partial charge in [0.1, 0.15) is 5.75 Å². The zero-order chi connectivity index (χ0) is 22.1. The van der Waals surface area contributed by atoms with Crippen LogP contribution in [0.2, 0.25) is 0 Å². The number of ether oxygens (including phenoxy) is 3. The molecule has 31 heavy (non-hydrogen) atoms. The van der Waals surface area contributed by atoms with E-state index in [0.29, 0.717) is 22.6 Å². The number of esters is 1. The second-order valence-electron chi connectivity index (χ2n) is 6.56. The summed E-state index contributed by atoms with van der Waals surface area (Å²) in [6.07, 6.45) is 1.45. The molecule has 3 aromatic rings. The van der Waals surface area contributed by atoms with E-state index < -0.39 is 11.9 Å². The van der Waals surface area contributed by atoms with Gasteiger partial charge >= 0.3 is 5.97 Å². The summed E-state index contributed by atoms with van der Waals surface area (Å²) in [5.74, 6) is 0.375. The van der Waals surface area contributed by atoms with E-state index in [1.807, 2.05) is 25.1 Å². The van der Waals surface area contributed by atoms with Crippen LogP contribution >= 0.6 is 0 Å². The van der Waals surface area contributed by atoms with E-state index in [4.69, 9.17) is 14.2 Å². The highest BCUT2D eigenvalue weighted by Gasteiger charge is 2.12. The van der Waals surface area contributed by atoms with Crippen molar-refractivity contribution in [1.29, 1.82) is 0 Å². The summed E-state index contributed by atoms with van der Waals surface area (Å²) >= 11 is 0. The van der Waals surface area contributed by atoms with Crippen molar-refractivity contribution in [2.45, 2.75) is 6.92 Å². The van der Waals surface area contributed by atoms with Gasteiger partial charge in [0.25, 0.3) is 5.91 Å². The lowest BCUT2D eigenvalue weighted by atomic mass is 10.2. The number of carbonyl (C=O) groups excluding carboxylic acids is 2. The molecule has 3 rings (SSSR count). The molecule has 3 aromatic carbocycles. The maximum absolute atomic E-state index is 12.2. The number of methoxy groups -OCH3 is 1. The summed E-state index contributed by atoms with van der Waals surface area (Å²) in [5.41, 5.74) is 4.59. The lowest BCUT2D eigenvalue weighted by molar-refractivity contribution is -0.123. The topological polar surface area (TPSA) is 86.2 Å². The average molecular weight is 418 g/mol. The fraction of sp³-hybridized carbons (Fsp3) is 0.125. The van der Waals surface area contributed by atoms with Crippen molar-refractivity contribution in [3.8, 4) is 17.2 Å². The molecular formula is C24H22N2O5. The quantitative estimate of drug-likeness (QED) is 0.261. The molecule has 0 atom stereocenters. The lowest BCUT2D eigenvalue weighted by Crippen LogP contribution is -2.24. The van der Waals surface area contributed by atoms with E-state index in [1.54, 1.807) is 54.6 Å². The molecule has 1 N–H and O–H groups in total. The smallest absolute Gasteiger partial charge is 0.343 e. The molecule has 0 aliphatic carbocycles. The highest BCUT2D eigenvalue weighted by atomic mass is 16.6. The number of benzene rings is 3. The van der Waals surface area contributed by atoms with Gasteiger partial charge in [-0.2, -0.15) is 5.10 Å². The van der Waals surface area contributed by atoms with Gasteiger partial charge in [0.2, 0.25) is 0 Å². The minimum Gasteiger partial charge on any atom is -0.493 e. The van der Waals surface area contributed by atoms with E-state index in [9.17, 15) is 9.59 Å². The van der Waals surface area contributed by atoms with Gasteiger partial charge in [-0.3, -0.25) is 4.79 Å². The Morgan fingerprint density at radius 2 is 1.71 bits per heavy atom. The van der Waals surface area contributed by atoms with E-state index in [1.165, 1.54) is 13.3 Å². The minimum atomic E-state index is -0.485. The fourth-order valence-electron chi connectivity index (χ4n) is 2.58. The van der Waals surface area contributed by atoms with Crippen LogP contribution < -0.4 is 19.6 Å². The molecule has 7 nitrogen and oxygen atoms in total. The van der Waals surface area contributed by atoms with Crippen molar-refractivity contribution in [1.82, 2.24) is 5.43 Å². The number of hydrogen-bond donors (Lipinski definition) is 1. The monoisotopic (exact) mass is 418 g/mol. The van der Waals surface area contributed by atoms with E-state index >= 15 is 0 Å². The van der Waals surface area contributed by atoms with Crippen LogP contribution in [0.5, 0.6) is 17.2 Å². The van der Waals surface area contributed by atoms with Gasteiger partial charge in [0.15, 0.2) is 18.1 Å². The van der Waals surface area contributed by atoms with Crippen LogP contribution in [0, 0.1) is 6.92 Å². The first-order chi connectivity index (χ1) is 15.0. The molecule has 0 bridgehead atoms. The van der Waals surface area contributed by atoms with Crippen molar-refractivity contribution in [3.05, 3.63) is 89.5 Å². The summed E-state index contributed by atoms with van der Waals surface area (Å²) in [6.45, 7) is 1.82. The summed E-state index contributed by atoms with van der Waals surface area (Å²) in [7, 11) is 1.47. The molecule has 0 fully saturated rings. The Kier molecular flexibility index (Phi) is 7.37. The minimum absolute atomic E-state index is 0.155. The zero-order valence-electron chi connectivity index (χ0n) is 17.2. The Hall–Kier alpha value is -4.13. The highest BCUT2D eigenvalue weighted by molar-refractivity contribution is 5.91. The van der Waals surface area contributed by atoms with Crippen LogP contribution in [0.3, 0.4) is 0 Å². The zero-order valence-corrected chi connectivity index (χ0v) is 17.2. The van der Waals surface area contributed by atoms with Crippen LogP contribution in [0.4, 0.5) is 0 Å². The van der Waals surface area contributed by atoms with Crippen LogP contribution in [0.15, 0.2) is 77.9 Å². The summed E-state index contributed by atoms with van der Waals surface area (Å²) < 4.78 is 16.1. The van der Waals surface area contributed by atoms with Crippen LogP contribution in [0.1, 0.15) is 21.5 Å². The molecule has 0 spiro atoms. The molecule has 1 amide bonds. The fourth-order valence-corrected chi connectivity index (χ4v) is 2.58. The lowest BCUT2D eigenvalue weighted by Gasteiger charge is -2.10. The average Bonchev–Trinajstić information content (AvgIpc) is 2.80. The first-order valence-electron chi connectivity index (χ1n) is 9.52. The molecule has 0 radical (unpaired) electrons. The number of nitrogens with one attached hydrogen (secondary N) is 1. The number of nitrogens with zero attached hydrogens (tertiary/aromatic N) is 1. The van der Waals surface area contributed by atoms with Gasteiger partial charge in [-0.15, -0.1) is 0 Å². The number of hydrogen-bond acceptors (Lipinski definition) is 6. The van der Waals surface area contributed by atoms with Crippen LogP contribution in [-0.4, -0.2) is 31.8 Å². The number of aryl methyl sites for hydroxylation is 1. The van der Waals surface area contributed by atoms with Gasteiger partial charge in [0.05, 0.1) is 18.9 Å². The maximum Gasteiger partial charge on any atom is 0.343 e. The van der Waals surface area contributed by atoms with E-state index in [2.05, 4.69) is 10.5 Å². The van der Waals surface area contributed by atoms with Crippen molar-refractivity contribution in [3.63, 3.8) is 0 Å². The molecule has 0 unspecified atom stereocenters. The number of amides is 1. The predicted molar refractivity (Wildman–Crippen MR) is 117 cm³/mol. The molecular weight excluding hydrogens is 396 g/mol. The molecule has 0 saturated carbocycles. The van der Waals surface area contributed by atoms with Crippen molar-refractivity contribution >= 4 is 18.1 Å². The maximum atomic E-state index is 12.2. The molecule has 0 aliphatic heterocycles. The Bertz CT molecular complexity index is 1060. The van der Waals surface area contributed by atoms with Crippen LogP contribution in [-0.2, 0) is 4.79 Å². The van der Waals surface area contributed by atoms with Gasteiger partial charge in [-0.1, -0.05) is 35.9 Å². The standard InChI is InChI=1S/C24H22N2O5/c1-17-8-11-20(12-9-17)30-16-23(27)26-25-15-18-10-13-21(22(14-18)29-2)31-24(28)19-6-4-3-5-7-19/h3-15H,16H2,1-2H3,(H,26,27). The summed E-state index contributed by atoms with van der Waals surface area (Å²) in [6, 6.07) is 21.0. The third kappa shape index (κ3) is 6.43. The van der Waals surface area contributed by atoms with Crippen molar-refractivity contribution in [2.75, 3.05) is 13.7 Å². The second kappa shape index (κ2) is 10.6. The largest absolute Gasteiger partial charge is 0.493 e. The highest BCUT2D eigenvalue weighted by Crippen LogP contribution is 2.28. The predicted octanol–water partition coefficient (Wildman–Crippen LogP) is 3.75. The molecule has 0 saturated heterocycles. The van der Waals surface area contributed by atoms with E-state index in [0.717, 1.165) is 5.56 Å². The first kappa shape index (κ1) is 21.6. The van der Waals surface area contributed by atoms with Gasteiger partial charge < -0.3 is 14.2 Å². The molecule has 0 aliphatic rings. The van der Waals surface area contributed by atoms with Gasteiger partial charge in [-0.05, 0) is 55.0 Å².